The van der Waals surface area contributed by atoms with Gasteiger partial charge in [0, 0.05) is 67.1 Å². The Bertz CT molecular complexity index is 2020. The quantitative estimate of drug-likeness (QED) is 0.167. The summed E-state index contributed by atoms with van der Waals surface area (Å²) in [6, 6.07) is 6.36. The number of aliphatic carboxylic acids is 1. The first-order valence-electron chi connectivity index (χ1n) is 18.2. The third-order valence-corrected chi connectivity index (χ3v) is 12.0. The van der Waals surface area contributed by atoms with E-state index in [0.29, 0.717) is 66.4 Å². The number of rotatable bonds is 9. The number of carbonyl (C=O) groups is 2. The number of carboxylic acids is 1. The smallest absolute Gasteiger partial charge is 0.434 e. The van der Waals surface area contributed by atoms with Crippen molar-refractivity contribution in [1.82, 2.24) is 29.8 Å². The Balaban J connectivity index is 1.14. The summed E-state index contributed by atoms with van der Waals surface area (Å²) in [5.74, 6) is -4.54. The molecule has 53 heavy (non-hydrogen) atoms. The second-order valence-corrected chi connectivity index (χ2v) is 15.2. The molecule has 0 radical (unpaired) electrons. The lowest BCUT2D eigenvalue weighted by atomic mass is 9.58. The van der Waals surface area contributed by atoms with E-state index in [2.05, 4.69) is 25.3 Å². The molecule has 5 unspecified atom stereocenters. The van der Waals surface area contributed by atoms with Crippen LogP contribution in [-0.2, 0) is 17.4 Å². The highest BCUT2D eigenvalue weighted by atomic mass is 19.4. The van der Waals surface area contributed by atoms with Gasteiger partial charge in [-0.25, -0.2) is 33.5 Å². The lowest BCUT2D eigenvalue weighted by molar-refractivity contribution is -0.154. The van der Waals surface area contributed by atoms with Crippen molar-refractivity contribution in [1.29, 1.82) is 0 Å². The van der Waals surface area contributed by atoms with Gasteiger partial charge in [0.2, 0.25) is 5.92 Å². The maximum atomic E-state index is 14.8. The number of nitrogens with one attached hydrogen (secondary N) is 1. The molecule has 2 N–H and O–H groups in total. The molecule has 0 aliphatic heterocycles. The van der Waals surface area contributed by atoms with Crippen LogP contribution in [0, 0.1) is 23.7 Å². The van der Waals surface area contributed by atoms with E-state index >= 15 is 0 Å². The predicted molar refractivity (Wildman–Crippen MR) is 181 cm³/mol. The van der Waals surface area contributed by atoms with Crippen LogP contribution >= 0.6 is 0 Å². The molecular weight excluding hydrogens is 699 g/mol. The summed E-state index contributed by atoms with van der Waals surface area (Å²) < 4.78 is 80.4. The van der Waals surface area contributed by atoms with Gasteiger partial charge < -0.3 is 19.7 Å². The zero-order valence-corrected chi connectivity index (χ0v) is 28.8. The largest absolute Gasteiger partial charge is 0.493 e. The van der Waals surface area contributed by atoms with Gasteiger partial charge in [0.05, 0.1) is 17.7 Å². The topological polar surface area (TPSA) is 132 Å². The first-order chi connectivity index (χ1) is 25.3. The molecule has 1 amide bonds. The lowest BCUT2D eigenvalue weighted by Crippen LogP contribution is -2.66. The zero-order valence-electron chi connectivity index (χ0n) is 28.8. The van der Waals surface area contributed by atoms with Crippen LogP contribution in [0.15, 0.2) is 49.1 Å². The van der Waals surface area contributed by atoms with E-state index in [0.717, 1.165) is 19.0 Å². The van der Waals surface area contributed by atoms with E-state index in [1.54, 1.807) is 47.4 Å². The number of carboxylic acid groups (broad SMARTS) is 1. The van der Waals surface area contributed by atoms with Gasteiger partial charge in [-0.2, -0.15) is 13.2 Å². The minimum Gasteiger partial charge on any atom is -0.493 e. The van der Waals surface area contributed by atoms with Crippen LogP contribution in [-0.4, -0.2) is 59.6 Å². The summed E-state index contributed by atoms with van der Waals surface area (Å²) in [6.07, 6.45) is 4.87. The number of ether oxygens (including phenoxy) is 1. The van der Waals surface area contributed by atoms with Gasteiger partial charge in [0.25, 0.3) is 5.91 Å². The number of fused-ring (bicyclic) bond motifs is 2. The van der Waals surface area contributed by atoms with Crippen LogP contribution in [0.1, 0.15) is 92.1 Å². The molecule has 1 aromatic carbocycles. The fraction of sp³-hybridized carbons (Fsp3) is 0.526. The molecule has 15 heteroatoms. The Kier molecular flexibility index (Phi) is 8.88. The van der Waals surface area contributed by atoms with E-state index in [1.807, 2.05) is 0 Å². The van der Waals surface area contributed by atoms with Crippen molar-refractivity contribution in [3.8, 4) is 17.1 Å². The fourth-order valence-corrected chi connectivity index (χ4v) is 9.65. The molecule has 5 aliphatic carbocycles. The number of hydrogen-bond donors (Lipinski definition) is 2. The third-order valence-electron chi connectivity index (χ3n) is 12.0. The second-order valence-electron chi connectivity index (χ2n) is 15.2. The highest BCUT2D eigenvalue weighted by molar-refractivity contribution is 6.00. The van der Waals surface area contributed by atoms with Gasteiger partial charge in [0.15, 0.2) is 11.5 Å². The van der Waals surface area contributed by atoms with Gasteiger partial charge in [-0.05, 0) is 86.8 Å². The summed E-state index contributed by atoms with van der Waals surface area (Å²) in [5, 5.41) is 13.7. The van der Waals surface area contributed by atoms with Crippen LogP contribution in [0.5, 0.6) is 5.75 Å². The summed E-state index contributed by atoms with van der Waals surface area (Å²) in [4.78, 5) is 43.3. The molecule has 5 aliphatic rings. The van der Waals surface area contributed by atoms with E-state index in [1.165, 1.54) is 0 Å². The molecule has 0 saturated heterocycles. The van der Waals surface area contributed by atoms with Gasteiger partial charge >= 0.3 is 12.1 Å². The van der Waals surface area contributed by atoms with Crippen molar-refractivity contribution in [2.75, 3.05) is 6.61 Å². The van der Waals surface area contributed by atoms with Crippen molar-refractivity contribution >= 4 is 22.8 Å². The van der Waals surface area contributed by atoms with E-state index in [4.69, 9.17) is 4.74 Å². The van der Waals surface area contributed by atoms with E-state index < -0.39 is 40.8 Å². The van der Waals surface area contributed by atoms with Crippen molar-refractivity contribution in [2.45, 2.75) is 94.3 Å². The van der Waals surface area contributed by atoms with Crippen molar-refractivity contribution in [2.24, 2.45) is 23.7 Å². The third kappa shape index (κ3) is 6.60. The number of benzene rings is 1. The number of amides is 1. The van der Waals surface area contributed by atoms with Gasteiger partial charge in [0.1, 0.15) is 17.1 Å². The SMILES string of the molecule is O=C(NC1(C(=O)O)C2CCC3CC(C2)CC1C3)c1cnc(-c2cn(C3CCC(F)(F)CC3)c3cc(OCCc4ncccn4)ccc23)nc1C(F)(F)F. The van der Waals surface area contributed by atoms with Crippen molar-refractivity contribution in [3.05, 3.63) is 66.1 Å². The van der Waals surface area contributed by atoms with Crippen LogP contribution < -0.4 is 10.1 Å². The summed E-state index contributed by atoms with van der Waals surface area (Å²) >= 11 is 0. The molecule has 10 nitrogen and oxygen atoms in total. The van der Waals surface area contributed by atoms with Crippen molar-refractivity contribution < 1.29 is 41.4 Å². The molecule has 280 valence electrons. The molecule has 4 bridgehead atoms. The fourth-order valence-electron chi connectivity index (χ4n) is 9.65. The molecule has 3 heterocycles. The van der Waals surface area contributed by atoms with Crippen molar-refractivity contribution in [3.63, 3.8) is 0 Å². The zero-order chi connectivity index (χ0) is 37.1. The number of alkyl halides is 5. The molecule has 4 aromatic rings. The predicted octanol–water partition coefficient (Wildman–Crippen LogP) is 7.68. The number of halogens is 5. The Hall–Kier alpha value is -4.69. The Morgan fingerprint density at radius 1 is 0.962 bits per heavy atom. The maximum Gasteiger partial charge on any atom is 0.434 e. The maximum absolute atomic E-state index is 14.8. The van der Waals surface area contributed by atoms with Crippen LogP contribution in [0.4, 0.5) is 22.0 Å². The molecular formula is C38H39F5N6O4. The van der Waals surface area contributed by atoms with Crippen LogP contribution in [0.25, 0.3) is 22.3 Å². The highest BCUT2D eigenvalue weighted by Gasteiger charge is 2.60. The Morgan fingerprint density at radius 3 is 2.43 bits per heavy atom. The van der Waals surface area contributed by atoms with Crippen LogP contribution in [0.3, 0.4) is 0 Å². The van der Waals surface area contributed by atoms with E-state index in [-0.39, 0.29) is 61.6 Å². The van der Waals surface area contributed by atoms with Crippen LogP contribution in [0.2, 0.25) is 0 Å². The Labute approximate surface area is 301 Å². The standard InChI is InChI=1S/C38H39F5N6O4/c39-36(40)9-6-25(7-10-36)49-20-29(27-5-4-26(18-30(27)49)53-13-8-31-44-11-1-12-45-31)33-46-19-28(32(47-33)38(41,42)43)34(50)48-37(35(51)52)23-3-2-21-14-22(16-23)17-24(37)15-21/h1,4-5,11-12,18-25H,2-3,6-10,13-17H2,(H,48,50)(H,51,52). The minimum absolute atomic E-state index is 0.148. The first-order valence-corrected chi connectivity index (χ1v) is 18.2. The first kappa shape index (κ1) is 35.3. The molecule has 0 spiro atoms. The van der Waals surface area contributed by atoms with Gasteiger partial charge in [-0.3, -0.25) is 4.79 Å². The molecule has 3 aromatic heterocycles. The number of hydrogen-bond acceptors (Lipinski definition) is 7. The second kappa shape index (κ2) is 13.3. The average molecular weight is 739 g/mol. The summed E-state index contributed by atoms with van der Waals surface area (Å²) in [6.45, 7) is 0.242. The van der Waals surface area contributed by atoms with Gasteiger partial charge in [-0.1, -0.05) is 6.42 Å². The van der Waals surface area contributed by atoms with Gasteiger partial charge in [-0.15, -0.1) is 0 Å². The molecule has 5 fully saturated rings. The average Bonchev–Trinajstić information content (AvgIpc) is 3.38. The normalized spacial score (nSPS) is 26.7. The number of nitrogens with zero attached hydrogens (tertiary/aromatic N) is 5. The molecule has 5 saturated carbocycles. The lowest BCUT2D eigenvalue weighted by Gasteiger charge is -2.50. The highest BCUT2D eigenvalue weighted by Crippen LogP contribution is 2.56. The monoisotopic (exact) mass is 738 g/mol. The molecule has 9 rings (SSSR count). The molecule has 5 atom stereocenters. The summed E-state index contributed by atoms with van der Waals surface area (Å²) in [7, 11) is 0. The number of aromatic nitrogens is 5. The summed E-state index contributed by atoms with van der Waals surface area (Å²) in [5.41, 5.74) is -3.25. The van der Waals surface area contributed by atoms with E-state index in [9.17, 15) is 36.6 Å². The Morgan fingerprint density at radius 2 is 1.70 bits per heavy atom. The number of carbonyl (C=O) groups excluding carboxylic acids is 1. The minimum atomic E-state index is -5.08.